The van der Waals surface area contributed by atoms with Crippen LogP contribution in [0, 0.1) is 0 Å². The van der Waals surface area contributed by atoms with Crippen molar-refractivity contribution < 1.29 is 45.6 Å². The maximum absolute atomic E-state index is 12.0. The molecule has 4 rings (SSSR count). The molecule has 10 nitrogen and oxygen atoms in total. The summed E-state index contributed by atoms with van der Waals surface area (Å²) in [5, 5.41) is 21.9. The van der Waals surface area contributed by atoms with Crippen molar-refractivity contribution in [2.45, 2.75) is 178 Å². The summed E-state index contributed by atoms with van der Waals surface area (Å²) in [7, 11) is -8.93. The number of aromatic hydroxyl groups is 1. The fourth-order valence-corrected chi connectivity index (χ4v) is 8.25. The summed E-state index contributed by atoms with van der Waals surface area (Å²) in [4.78, 5) is -0.575. The van der Waals surface area contributed by atoms with Gasteiger partial charge in [-0.25, -0.2) is 8.42 Å². The van der Waals surface area contributed by atoms with Crippen molar-refractivity contribution in [1.82, 2.24) is 0 Å². The molecule has 0 aliphatic carbocycles. The normalized spacial score (nSPS) is 11.4. The number of phenolic OH excluding ortho intramolecular Hbond substituents is 1. The Hall–Kier alpha value is -2.84. The standard InChI is InChI=1S/2C25H36O5S.Ca/c2*1-2-3-4-5-6-7-8-9-10-11-12-15-21-18-19-22(31(27,28)29)20-25(21)30-24-17-14-13-16-23(24)26;/h2*13-14,16-20,26H,2-12,15H2,1H3,(H,27,28,29);/q;;+2/p-2. The third-order valence-electron chi connectivity index (χ3n) is 10.9. The van der Waals surface area contributed by atoms with Crippen LogP contribution in [0.5, 0.6) is 34.5 Å². The number of phenols is 1. The van der Waals surface area contributed by atoms with Crippen LogP contribution in [0.15, 0.2) is 94.7 Å². The molecule has 0 aromatic heterocycles. The van der Waals surface area contributed by atoms with E-state index in [0.717, 1.165) is 43.2 Å². The van der Waals surface area contributed by atoms with Gasteiger partial charge in [-0.05, 0) is 73.2 Å². The molecule has 0 bridgehead atoms. The molecule has 0 atom stereocenters. The van der Waals surface area contributed by atoms with Gasteiger partial charge in [0.25, 0.3) is 10.1 Å². The van der Waals surface area contributed by atoms with Crippen LogP contribution in [0.4, 0.5) is 0 Å². The van der Waals surface area contributed by atoms with Crippen LogP contribution in [0.3, 0.4) is 0 Å². The van der Waals surface area contributed by atoms with Crippen molar-refractivity contribution in [2.75, 3.05) is 0 Å². The van der Waals surface area contributed by atoms with Gasteiger partial charge in [-0.1, -0.05) is 190 Å². The summed E-state index contributed by atoms with van der Waals surface area (Å²) in [5.74, 6) is 0.633. The van der Waals surface area contributed by atoms with Gasteiger partial charge in [0.1, 0.15) is 27.4 Å². The second kappa shape index (κ2) is 31.9. The Bertz CT molecular complexity index is 1940. The molecular formula is C50H70CaO10S2. The SMILES string of the molecule is CCCCCCCCCCCCCc1ccc(S(=O)(=O)O)cc1Oc1ccccc1O.CCCCCCCCCCCCCc1ccc(S(=O)(=O)[O-])cc1Oc1ccccc1[O-].[Ca+2]. The summed E-state index contributed by atoms with van der Waals surface area (Å²) >= 11 is 0. The number of ether oxygens (including phenoxy) is 2. The van der Waals surface area contributed by atoms with Crippen LogP contribution in [0.1, 0.15) is 166 Å². The topological polar surface area (TPSA) is 173 Å². The molecule has 0 saturated carbocycles. The van der Waals surface area contributed by atoms with Gasteiger partial charge in [0.2, 0.25) is 0 Å². The van der Waals surface area contributed by atoms with Gasteiger partial charge >= 0.3 is 37.7 Å². The zero-order chi connectivity index (χ0) is 45.1. The van der Waals surface area contributed by atoms with Crippen LogP contribution < -0.4 is 14.6 Å². The molecule has 344 valence electrons. The summed E-state index contributed by atoms with van der Waals surface area (Å²) in [6, 6.07) is 21.3. The first-order valence-corrected chi connectivity index (χ1v) is 25.8. The second-order valence-electron chi connectivity index (χ2n) is 16.2. The molecule has 0 saturated heterocycles. The Labute approximate surface area is 408 Å². The van der Waals surface area contributed by atoms with Crippen LogP contribution in [-0.4, -0.2) is 68.8 Å². The van der Waals surface area contributed by atoms with E-state index >= 15 is 0 Å². The molecule has 0 spiro atoms. The van der Waals surface area contributed by atoms with Crippen molar-refractivity contribution in [3.05, 3.63) is 96.1 Å². The molecule has 0 amide bonds. The van der Waals surface area contributed by atoms with Crippen LogP contribution >= 0.6 is 0 Å². The number of benzene rings is 4. The minimum absolute atomic E-state index is 0. The quantitative estimate of drug-likeness (QED) is 0.0291. The molecule has 0 aliphatic rings. The number of hydrogen-bond donors (Lipinski definition) is 2. The molecule has 0 unspecified atom stereocenters. The van der Waals surface area contributed by atoms with Gasteiger partial charge < -0.3 is 24.2 Å². The van der Waals surface area contributed by atoms with E-state index in [0.29, 0.717) is 12.2 Å². The van der Waals surface area contributed by atoms with Gasteiger partial charge in [0.15, 0.2) is 11.5 Å². The molecule has 4 aromatic rings. The zero-order valence-corrected chi connectivity index (χ0v) is 41.6. The van der Waals surface area contributed by atoms with E-state index in [4.69, 9.17) is 9.47 Å². The van der Waals surface area contributed by atoms with E-state index < -0.39 is 20.2 Å². The minimum atomic E-state index is -4.60. The van der Waals surface area contributed by atoms with Gasteiger partial charge in [-0.2, -0.15) is 8.42 Å². The van der Waals surface area contributed by atoms with E-state index in [1.807, 2.05) is 0 Å². The first-order valence-electron chi connectivity index (χ1n) is 22.9. The van der Waals surface area contributed by atoms with Crippen molar-refractivity contribution in [3.63, 3.8) is 0 Å². The Morgan fingerprint density at radius 1 is 0.476 bits per heavy atom. The Kier molecular flexibility index (Phi) is 28.5. The Morgan fingerprint density at radius 2 is 0.841 bits per heavy atom. The minimum Gasteiger partial charge on any atom is -0.870 e. The summed E-state index contributed by atoms with van der Waals surface area (Å²) in [5.41, 5.74) is 1.65. The molecule has 13 heteroatoms. The van der Waals surface area contributed by atoms with Gasteiger partial charge in [-0.15, -0.1) is 0 Å². The van der Waals surface area contributed by atoms with Gasteiger partial charge in [0.05, 0.1) is 9.79 Å². The maximum atomic E-state index is 12.0. The average molecular weight is 935 g/mol. The van der Waals surface area contributed by atoms with Crippen LogP contribution in [0.25, 0.3) is 0 Å². The molecule has 0 heterocycles. The maximum Gasteiger partial charge on any atom is 2.00 e. The Balaban J connectivity index is 0.000000427. The molecule has 4 aromatic carbocycles. The molecule has 2 N–H and O–H groups in total. The molecular weight excluding hydrogens is 865 g/mol. The Morgan fingerprint density at radius 3 is 1.25 bits per heavy atom. The summed E-state index contributed by atoms with van der Waals surface area (Å²) in [6.07, 6.45) is 28.9. The van der Waals surface area contributed by atoms with E-state index in [1.54, 1.807) is 42.5 Å². The number of hydrogen-bond acceptors (Lipinski definition) is 9. The summed E-state index contributed by atoms with van der Waals surface area (Å²) < 4.78 is 78.1. The van der Waals surface area contributed by atoms with E-state index in [9.17, 15) is 36.2 Å². The van der Waals surface area contributed by atoms with Crippen molar-refractivity contribution in [1.29, 1.82) is 0 Å². The number of rotatable bonds is 30. The van der Waals surface area contributed by atoms with Crippen LogP contribution in [0.2, 0.25) is 0 Å². The predicted molar refractivity (Wildman–Crippen MR) is 251 cm³/mol. The van der Waals surface area contributed by atoms with Crippen molar-refractivity contribution >= 4 is 58.0 Å². The largest absolute Gasteiger partial charge is 2.00 e. The van der Waals surface area contributed by atoms with Crippen LogP contribution in [-0.2, 0) is 33.1 Å². The third kappa shape index (κ3) is 23.3. The van der Waals surface area contributed by atoms with Gasteiger partial charge in [-0.3, -0.25) is 4.55 Å². The number of unbranched alkanes of at least 4 members (excludes halogenated alkanes) is 20. The molecule has 0 aliphatic heterocycles. The predicted octanol–water partition coefficient (Wildman–Crippen LogP) is 13.2. The number of aryl methyl sites for hydroxylation is 2. The first-order chi connectivity index (χ1) is 29.8. The second-order valence-corrected chi connectivity index (χ2v) is 19.0. The number of para-hydroxylation sites is 4. The molecule has 0 radical (unpaired) electrons. The summed E-state index contributed by atoms with van der Waals surface area (Å²) in [6.45, 7) is 4.47. The first kappa shape index (κ1) is 56.3. The zero-order valence-electron chi connectivity index (χ0n) is 37.7. The molecule has 63 heavy (non-hydrogen) atoms. The van der Waals surface area contributed by atoms with E-state index in [-0.39, 0.29) is 76.3 Å². The van der Waals surface area contributed by atoms with E-state index in [1.165, 1.54) is 158 Å². The van der Waals surface area contributed by atoms with Gasteiger partial charge in [0, 0.05) is 6.07 Å². The third-order valence-corrected chi connectivity index (χ3v) is 12.6. The molecule has 0 fully saturated rings. The smallest absolute Gasteiger partial charge is 0.870 e. The monoisotopic (exact) mass is 934 g/mol. The van der Waals surface area contributed by atoms with Crippen molar-refractivity contribution in [2.24, 2.45) is 0 Å². The van der Waals surface area contributed by atoms with E-state index in [2.05, 4.69) is 13.8 Å². The fourth-order valence-electron chi connectivity index (χ4n) is 7.26. The van der Waals surface area contributed by atoms with Crippen molar-refractivity contribution in [3.8, 4) is 34.5 Å². The average Bonchev–Trinajstić information content (AvgIpc) is 3.24. The fraction of sp³-hybridized carbons (Fsp3) is 0.520.